The largest absolute Gasteiger partial charge is 0.299 e. The first-order valence-electron chi connectivity index (χ1n) is 5.63. The molecule has 0 saturated heterocycles. The van der Waals surface area contributed by atoms with E-state index < -0.39 is 0 Å². The van der Waals surface area contributed by atoms with Crippen LogP contribution >= 0.6 is 11.6 Å². The van der Waals surface area contributed by atoms with E-state index >= 15 is 0 Å². The smallest absolute Gasteiger partial charge is 0.0737 e. The van der Waals surface area contributed by atoms with E-state index in [4.69, 9.17) is 11.6 Å². The van der Waals surface area contributed by atoms with Gasteiger partial charge in [-0.15, -0.1) is 11.6 Å². The van der Waals surface area contributed by atoms with Crippen LogP contribution in [0.4, 0.5) is 0 Å². The van der Waals surface area contributed by atoms with Crippen molar-refractivity contribution in [3.8, 4) is 0 Å². The van der Waals surface area contributed by atoms with Crippen molar-refractivity contribution < 1.29 is 0 Å². The third-order valence-electron chi connectivity index (χ3n) is 2.93. The monoisotopic (exact) mass is 225 g/mol. The van der Waals surface area contributed by atoms with Crippen LogP contribution in [-0.2, 0) is 0 Å². The highest BCUT2D eigenvalue weighted by atomic mass is 35.5. The lowest BCUT2D eigenvalue weighted by molar-refractivity contribution is 0.225. The first-order chi connectivity index (χ1) is 7.20. The average Bonchev–Trinajstić information content (AvgIpc) is 2.30. The summed E-state index contributed by atoms with van der Waals surface area (Å²) < 4.78 is 0. The molecule has 0 aliphatic carbocycles. The SMILES string of the molecule is CCN(CC)C(C)C(Cl)c1ccccc1. The summed E-state index contributed by atoms with van der Waals surface area (Å²) in [4.78, 5) is 2.38. The first kappa shape index (κ1) is 12.5. The van der Waals surface area contributed by atoms with Crippen LogP contribution in [0.5, 0.6) is 0 Å². The van der Waals surface area contributed by atoms with Crippen molar-refractivity contribution in [3.05, 3.63) is 35.9 Å². The molecule has 2 unspecified atom stereocenters. The Labute approximate surface area is 98.0 Å². The summed E-state index contributed by atoms with van der Waals surface area (Å²) in [6.07, 6.45) is 0. The Morgan fingerprint density at radius 1 is 1.13 bits per heavy atom. The Kier molecular flexibility index (Phi) is 5.13. The molecule has 0 spiro atoms. The summed E-state index contributed by atoms with van der Waals surface area (Å²) in [5.41, 5.74) is 1.21. The normalized spacial score (nSPS) is 15.3. The van der Waals surface area contributed by atoms with E-state index in [0.29, 0.717) is 6.04 Å². The zero-order chi connectivity index (χ0) is 11.3. The van der Waals surface area contributed by atoms with Crippen LogP contribution in [0.3, 0.4) is 0 Å². The maximum Gasteiger partial charge on any atom is 0.0737 e. The fourth-order valence-electron chi connectivity index (χ4n) is 1.90. The minimum Gasteiger partial charge on any atom is -0.299 e. The van der Waals surface area contributed by atoms with Crippen LogP contribution in [0.25, 0.3) is 0 Å². The summed E-state index contributed by atoms with van der Waals surface area (Å²) in [6.45, 7) is 8.64. The van der Waals surface area contributed by atoms with Gasteiger partial charge in [-0.3, -0.25) is 4.90 Å². The molecule has 0 aliphatic heterocycles. The molecular weight excluding hydrogens is 206 g/mol. The molecule has 0 amide bonds. The van der Waals surface area contributed by atoms with Gasteiger partial charge in [0.05, 0.1) is 5.38 Å². The highest BCUT2D eigenvalue weighted by Crippen LogP contribution is 2.27. The van der Waals surface area contributed by atoms with E-state index in [-0.39, 0.29) is 5.38 Å². The van der Waals surface area contributed by atoms with Crippen LogP contribution in [0.2, 0.25) is 0 Å². The lowest BCUT2D eigenvalue weighted by Crippen LogP contribution is -2.35. The lowest BCUT2D eigenvalue weighted by Gasteiger charge is -2.30. The van der Waals surface area contributed by atoms with Crippen LogP contribution in [0, 0.1) is 0 Å². The molecule has 0 radical (unpaired) electrons. The zero-order valence-corrected chi connectivity index (χ0v) is 10.5. The number of likely N-dealkylation sites (N-methyl/N-ethyl adjacent to an activating group) is 1. The van der Waals surface area contributed by atoms with Crippen molar-refractivity contribution in [3.63, 3.8) is 0 Å². The Morgan fingerprint density at radius 3 is 2.13 bits per heavy atom. The van der Waals surface area contributed by atoms with Gasteiger partial charge < -0.3 is 0 Å². The van der Waals surface area contributed by atoms with E-state index in [9.17, 15) is 0 Å². The second-order valence-electron chi connectivity index (χ2n) is 3.77. The second-order valence-corrected chi connectivity index (χ2v) is 4.24. The Balaban J connectivity index is 2.71. The Hall–Kier alpha value is -0.530. The maximum atomic E-state index is 6.47. The predicted molar refractivity (Wildman–Crippen MR) is 67.4 cm³/mol. The minimum absolute atomic E-state index is 0.0751. The van der Waals surface area contributed by atoms with Crippen molar-refractivity contribution in [2.75, 3.05) is 13.1 Å². The highest BCUT2D eigenvalue weighted by molar-refractivity contribution is 6.21. The quantitative estimate of drug-likeness (QED) is 0.691. The summed E-state index contributed by atoms with van der Waals surface area (Å²) in [7, 11) is 0. The summed E-state index contributed by atoms with van der Waals surface area (Å²) in [5, 5.41) is 0.0751. The van der Waals surface area contributed by atoms with Crippen molar-refractivity contribution in [2.45, 2.75) is 32.2 Å². The van der Waals surface area contributed by atoms with Gasteiger partial charge in [0.2, 0.25) is 0 Å². The minimum atomic E-state index is 0.0751. The number of hydrogen-bond acceptors (Lipinski definition) is 1. The molecule has 1 nitrogen and oxygen atoms in total. The van der Waals surface area contributed by atoms with E-state index in [2.05, 4.69) is 37.8 Å². The molecule has 0 aliphatic rings. The molecule has 15 heavy (non-hydrogen) atoms. The van der Waals surface area contributed by atoms with Gasteiger partial charge in [-0.05, 0) is 25.6 Å². The molecule has 1 aromatic rings. The van der Waals surface area contributed by atoms with E-state index in [1.165, 1.54) is 5.56 Å². The Bertz CT molecular complexity index is 269. The van der Waals surface area contributed by atoms with E-state index in [0.717, 1.165) is 13.1 Å². The van der Waals surface area contributed by atoms with Gasteiger partial charge in [-0.1, -0.05) is 44.2 Å². The van der Waals surface area contributed by atoms with E-state index in [1.54, 1.807) is 0 Å². The van der Waals surface area contributed by atoms with E-state index in [1.807, 2.05) is 18.2 Å². The predicted octanol–water partition coefficient (Wildman–Crippen LogP) is 3.70. The fourth-order valence-corrected chi connectivity index (χ4v) is 2.20. The van der Waals surface area contributed by atoms with Crippen molar-refractivity contribution in [1.29, 1.82) is 0 Å². The molecule has 0 N–H and O–H groups in total. The molecule has 1 aromatic carbocycles. The number of benzene rings is 1. The standard InChI is InChI=1S/C13H20ClN/c1-4-15(5-2)11(3)13(14)12-9-7-6-8-10-12/h6-11,13H,4-5H2,1-3H3. The van der Waals surface area contributed by atoms with Crippen molar-refractivity contribution in [1.82, 2.24) is 4.90 Å². The van der Waals surface area contributed by atoms with Gasteiger partial charge in [0.25, 0.3) is 0 Å². The van der Waals surface area contributed by atoms with Gasteiger partial charge in [-0.2, -0.15) is 0 Å². The van der Waals surface area contributed by atoms with Gasteiger partial charge in [-0.25, -0.2) is 0 Å². The van der Waals surface area contributed by atoms with Crippen LogP contribution < -0.4 is 0 Å². The van der Waals surface area contributed by atoms with Crippen LogP contribution in [0.15, 0.2) is 30.3 Å². The molecule has 1 rings (SSSR count). The maximum absolute atomic E-state index is 6.47. The van der Waals surface area contributed by atoms with Gasteiger partial charge in [0, 0.05) is 6.04 Å². The molecule has 2 atom stereocenters. The van der Waals surface area contributed by atoms with Crippen LogP contribution in [-0.4, -0.2) is 24.0 Å². The lowest BCUT2D eigenvalue weighted by atomic mass is 10.1. The van der Waals surface area contributed by atoms with Crippen LogP contribution in [0.1, 0.15) is 31.7 Å². The third-order valence-corrected chi connectivity index (χ3v) is 3.55. The fraction of sp³-hybridized carbons (Fsp3) is 0.538. The summed E-state index contributed by atoms with van der Waals surface area (Å²) in [5.74, 6) is 0. The van der Waals surface area contributed by atoms with Gasteiger partial charge in [0.1, 0.15) is 0 Å². The number of nitrogens with zero attached hydrogens (tertiary/aromatic N) is 1. The highest BCUT2D eigenvalue weighted by Gasteiger charge is 2.20. The summed E-state index contributed by atoms with van der Waals surface area (Å²) in [6, 6.07) is 10.7. The number of alkyl halides is 1. The zero-order valence-electron chi connectivity index (χ0n) is 9.78. The Morgan fingerprint density at radius 2 is 1.67 bits per heavy atom. The molecule has 84 valence electrons. The van der Waals surface area contributed by atoms with Gasteiger partial charge in [0.15, 0.2) is 0 Å². The van der Waals surface area contributed by atoms with Crippen molar-refractivity contribution in [2.24, 2.45) is 0 Å². The molecule has 0 bridgehead atoms. The molecule has 0 heterocycles. The van der Waals surface area contributed by atoms with Gasteiger partial charge >= 0.3 is 0 Å². The average molecular weight is 226 g/mol. The molecule has 0 aromatic heterocycles. The topological polar surface area (TPSA) is 3.24 Å². The summed E-state index contributed by atoms with van der Waals surface area (Å²) >= 11 is 6.47. The van der Waals surface area contributed by atoms with Crippen molar-refractivity contribution >= 4 is 11.6 Å². The second kappa shape index (κ2) is 6.14. The molecule has 2 heteroatoms. The number of halogens is 1. The number of rotatable bonds is 5. The molecular formula is C13H20ClN. The number of hydrogen-bond donors (Lipinski definition) is 0. The first-order valence-corrected chi connectivity index (χ1v) is 6.07. The molecule has 0 saturated carbocycles. The third kappa shape index (κ3) is 3.22. The molecule has 0 fully saturated rings.